The van der Waals surface area contributed by atoms with Gasteiger partial charge >= 0.3 is 0 Å². The van der Waals surface area contributed by atoms with E-state index in [9.17, 15) is 18.4 Å². The Labute approximate surface area is 325 Å². The molecule has 2 saturated heterocycles. The van der Waals surface area contributed by atoms with Crippen LogP contribution in [0.15, 0.2) is 121 Å². The van der Waals surface area contributed by atoms with Crippen molar-refractivity contribution in [3.05, 3.63) is 144 Å². The number of benzene rings is 4. The molecule has 0 bridgehead atoms. The predicted octanol–water partition coefficient (Wildman–Crippen LogP) is 6.31. The first-order chi connectivity index (χ1) is 27.6. The smallest absolute Gasteiger partial charge is 0.267 e. The molecule has 15 heteroatoms. The molecule has 2 atom stereocenters. The van der Waals surface area contributed by atoms with Gasteiger partial charge in [0.25, 0.3) is 11.8 Å². The summed E-state index contributed by atoms with van der Waals surface area (Å²) in [4.78, 5) is 45.3. The minimum absolute atomic E-state index is 0.165. The van der Waals surface area contributed by atoms with Crippen molar-refractivity contribution in [2.24, 2.45) is 11.5 Å². The van der Waals surface area contributed by atoms with Gasteiger partial charge in [0.15, 0.2) is 11.6 Å². The Morgan fingerprint density at radius 2 is 0.930 bits per heavy atom. The summed E-state index contributed by atoms with van der Waals surface area (Å²) in [6.07, 6.45) is 4.56. The number of morpholine rings is 1. The maximum Gasteiger partial charge on any atom is 0.267 e. The van der Waals surface area contributed by atoms with Crippen molar-refractivity contribution in [1.29, 1.82) is 0 Å². The molecule has 0 spiro atoms. The molecule has 2 amide bonds. The van der Waals surface area contributed by atoms with E-state index in [1.54, 1.807) is 84.9 Å². The van der Waals surface area contributed by atoms with Gasteiger partial charge in [-0.05, 0) is 97.1 Å². The molecule has 0 saturated carbocycles. The molecule has 6 aromatic rings. The van der Waals surface area contributed by atoms with E-state index in [2.05, 4.69) is 24.8 Å². The first-order valence-electron chi connectivity index (χ1n) is 17.9. The van der Waals surface area contributed by atoms with Crippen LogP contribution in [0.3, 0.4) is 0 Å². The average molecular weight is 769 g/mol. The predicted molar refractivity (Wildman–Crippen MR) is 207 cm³/mol. The van der Waals surface area contributed by atoms with E-state index in [0.717, 1.165) is 37.3 Å². The third-order valence-electron chi connectivity index (χ3n) is 9.21. The van der Waals surface area contributed by atoms with Gasteiger partial charge < -0.3 is 35.5 Å². The van der Waals surface area contributed by atoms with Gasteiger partial charge in [-0.25, -0.2) is 28.7 Å². The van der Waals surface area contributed by atoms with E-state index in [0.29, 0.717) is 46.3 Å². The number of fused-ring (bicyclic) bond motifs is 1. The zero-order chi connectivity index (χ0) is 39.5. The monoisotopic (exact) mass is 768 g/mol. The number of anilines is 2. The van der Waals surface area contributed by atoms with Crippen LogP contribution in [-0.2, 0) is 4.74 Å². The quantitative estimate of drug-likeness (QED) is 0.118. The average Bonchev–Trinajstić information content (AvgIpc) is 3.54. The highest BCUT2D eigenvalue weighted by molar-refractivity contribution is 5.92. The van der Waals surface area contributed by atoms with E-state index >= 15 is 0 Å². The van der Waals surface area contributed by atoms with E-state index in [-0.39, 0.29) is 35.2 Å². The van der Waals surface area contributed by atoms with Gasteiger partial charge in [-0.3, -0.25) is 9.59 Å². The molecule has 0 aliphatic carbocycles. The number of halogens is 2. The summed E-state index contributed by atoms with van der Waals surface area (Å²) in [5.41, 5.74) is 12.7. The largest absolute Gasteiger partial charge is 0.457 e. The van der Waals surface area contributed by atoms with Gasteiger partial charge in [-0.15, -0.1) is 0 Å². The van der Waals surface area contributed by atoms with Crippen LogP contribution < -0.4 is 30.7 Å². The summed E-state index contributed by atoms with van der Waals surface area (Å²) in [7, 11) is 0. The van der Waals surface area contributed by atoms with Crippen molar-refractivity contribution in [3.8, 4) is 45.8 Å². The van der Waals surface area contributed by atoms with Crippen LogP contribution in [0.25, 0.3) is 22.8 Å². The van der Waals surface area contributed by atoms with Crippen LogP contribution in [0.1, 0.15) is 21.0 Å². The Kier molecular flexibility index (Phi) is 10.2. The Hall–Kier alpha value is -7.26. The van der Waals surface area contributed by atoms with Crippen molar-refractivity contribution in [1.82, 2.24) is 19.9 Å². The Morgan fingerprint density at radius 1 is 0.561 bits per heavy atom. The maximum atomic E-state index is 13.0. The van der Waals surface area contributed by atoms with Gasteiger partial charge in [0.2, 0.25) is 0 Å². The second kappa shape index (κ2) is 15.8. The van der Waals surface area contributed by atoms with Crippen molar-refractivity contribution in [3.63, 3.8) is 0 Å². The fourth-order valence-corrected chi connectivity index (χ4v) is 6.19. The van der Waals surface area contributed by atoms with Crippen molar-refractivity contribution in [2.45, 2.75) is 12.2 Å². The van der Waals surface area contributed by atoms with E-state index in [1.807, 2.05) is 17.1 Å². The fourth-order valence-electron chi connectivity index (χ4n) is 6.19. The highest BCUT2D eigenvalue weighted by Gasteiger charge is 2.47. The second-order valence-electron chi connectivity index (χ2n) is 13.3. The zero-order valence-electron chi connectivity index (χ0n) is 30.2. The first kappa shape index (κ1) is 36.7. The number of aromatic nitrogens is 4. The zero-order valence-corrected chi connectivity index (χ0v) is 30.2. The molecule has 286 valence electrons. The molecule has 9 rings (SSSR count). The number of primary amides is 2. The lowest BCUT2D eigenvalue weighted by atomic mass is 10.2. The minimum Gasteiger partial charge on any atom is -0.457 e. The number of nitrogens with zero attached hydrogens (tertiary/aromatic N) is 6. The van der Waals surface area contributed by atoms with E-state index in [4.69, 9.17) is 25.7 Å². The van der Waals surface area contributed by atoms with Gasteiger partial charge in [0.1, 0.15) is 69.9 Å². The maximum absolute atomic E-state index is 13.0. The van der Waals surface area contributed by atoms with Crippen molar-refractivity contribution >= 4 is 23.5 Å². The molecule has 0 radical (unpaired) electrons. The molecule has 57 heavy (non-hydrogen) atoms. The van der Waals surface area contributed by atoms with Crippen LogP contribution in [0.5, 0.6) is 23.0 Å². The summed E-state index contributed by atoms with van der Waals surface area (Å²) in [6.45, 7) is 2.92. The number of carbonyl (C=O) groups excluding carboxylic acids is 2. The summed E-state index contributed by atoms with van der Waals surface area (Å²) in [5.74, 6) is 2.51. The molecular weight excluding hydrogens is 735 g/mol. The van der Waals surface area contributed by atoms with Gasteiger partial charge in [0.05, 0.1) is 0 Å². The lowest BCUT2D eigenvalue weighted by Gasteiger charge is -2.19. The molecule has 4 aromatic carbocycles. The lowest BCUT2D eigenvalue weighted by molar-refractivity contribution is 0.0987. The van der Waals surface area contributed by atoms with Crippen LogP contribution in [-0.4, -0.2) is 70.1 Å². The number of carbonyl (C=O) groups is 2. The molecule has 5 heterocycles. The van der Waals surface area contributed by atoms with Gasteiger partial charge in [-0.2, -0.15) is 0 Å². The minimum atomic E-state index is -0.605. The van der Waals surface area contributed by atoms with E-state index in [1.165, 1.54) is 24.3 Å². The Bertz CT molecular complexity index is 2430. The van der Waals surface area contributed by atoms with Crippen molar-refractivity contribution < 1.29 is 32.6 Å². The van der Waals surface area contributed by atoms with E-state index < -0.39 is 11.8 Å². The van der Waals surface area contributed by atoms with Crippen molar-refractivity contribution in [2.75, 3.05) is 36.0 Å². The number of rotatable bonds is 10. The summed E-state index contributed by atoms with van der Waals surface area (Å²) < 4.78 is 42.9. The second-order valence-corrected chi connectivity index (χ2v) is 13.3. The summed E-state index contributed by atoms with van der Waals surface area (Å²) in [6, 6.07) is 29.0. The standard InChI is InChI=1S/C21H17FN4O3.C21H17FN4O2/c22-13-3-7-15(8-4-13)28-14-5-1-12(2-6-14)21-24-16(20(23)27)9-19(25-21)26-10-17-18(11-26)29-17;22-15-5-9-17(10-6-15)28-16-7-3-14(4-8-16)21-24-18(20(23)27)13-19(25-21)26-11-1-2-12-26/h1-9,17-18H,10-11H2,(H2,23,27);1-10,13H,11-12H2,(H2,23,27). The highest BCUT2D eigenvalue weighted by Crippen LogP contribution is 2.34. The highest BCUT2D eigenvalue weighted by atomic mass is 19.1. The summed E-state index contributed by atoms with van der Waals surface area (Å²) >= 11 is 0. The van der Waals surface area contributed by atoms with Crippen LogP contribution in [0, 0.1) is 11.6 Å². The molecule has 4 N–H and O–H groups in total. The molecule has 2 aromatic heterocycles. The number of hydrogen-bond acceptors (Lipinski definition) is 11. The number of amides is 2. The van der Waals surface area contributed by atoms with Gasteiger partial charge in [-0.1, -0.05) is 12.2 Å². The van der Waals surface area contributed by atoms with Crippen LogP contribution >= 0.6 is 0 Å². The SMILES string of the molecule is NC(=O)c1cc(N2CC3OC3C2)nc(-c2ccc(Oc3ccc(F)cc3)cc2)n1.NC(=O)c1cc(N2CC=CC2)nc(-c2ccc(Oc3ccc(F)cc3)cc2)n1. The third-order valence-corrected chi connectivity index (χ3v) is 9.21. The number of epoxide rings is 1. The Morgan fingerprint density at radius 3 is 1.32 bits per heavy atom. The number of ether oxygens (including phenoxy) is 3. The molecule has 3 aliphatic heterocycles. The molecule has 13 nitrogen and oxygen atoms in total. The lowest BCUT2D eigenvalue weighted by Crippen LogP contribution is -2.26. The molecular formula is C42H34F2N8O5. The topological polar surface area (TPSA) is 175 Å². The van der Waals surface area contributed by atoms with Crippen LogP contribution in [0.4, 0.5) is 20.4 Å². The third kappa shape index (κ3) is 8.84. The molecule has 2 fully saturated rings. The number of hydrogen-bond donors (Lipinski definition) is 2. The van der Waals surface area contributed by atoms with Gasteiger partial charge in [0, 0.05) is 49.4 Å². The Balaban J connectivity index is 0.000000160. The fraction of sp³-hybridized carbons (Fsp3) is 0.143. The first-order valence-corrected chi connectivity index (χ1v) is 17.9. The summed E-state index contributed by atoms with van der Waals surface area (Å²) in [5, 5.41) is 0. The van der Waals surface area contributed by atoms with Crippen LogP contribution in [0.2, 0.25) is 0 Å². The molecule has 2 unspecified atom stereocenters. The number of nitrogens with two attached hydrogens (primary N) is 2. The normalized spacial score (nSPS) is 16.4. The molecule has 3 aliphatic rings.